The van der Waals surface area contributed by atoms with Gasteiger partial charge >= 0.3 is 0 Å². The minimum Gasteiger partial charge on any atom is -0.320 e. The van der Waals surface area contributed by atoms with E-state index in [2.05, 4.69) is 21.3 Å². The fourth-order valence-electron chi connectivity index (χ4n) is 4.47. The van der Waals surface area contributed by atoms with Crippen LogP contribution in [0.2, 0.25) is 0 Å². The zero-order chi connectivity index (χ0) is 19.7. The molecule has 1 amide bonds. The first-order chi connectivity index (χ1) is 13.5. The maximum Gasteiger partial charge on any atom is 0.274 e. The Labute approximate surface area is 165 Å². The molecule has 7 nitrogen and oxygen atoms in total. The van der Waals surface area contributed by atoms with Gasteiger partial charge in [0.05, 0.1) is 12.2 Å². The first kappa shape index (κ1) is 18.8. The van der Waals surface area contributed by atoms with Crippen LogP contribution in [0, 0.1) is 5.92 Å². The minimum atomic E-state index is -0.166. The summed E-state index contributed by atoms with van der Waals surface area (Å²) < 4.78 is 1.88. The summed E-state index contributed by atoms with van der Waals surface area (Å²) in [5.41, 5.74) is 2.45. The standard InChI is InChI=1S/C21H27N5O2/c1-24(2)14-20(27)23-18-6-7-19-16-9-15(11-26(19)21(18)28)10-25(12-16)13-17-5-3-4-8-22-17/h3-8,15-16H,9-14H2,1-2H3,(H,23,27)/t15-,16-/m1/s1. The molecule has 2 aromatic rings. The summed E-state index contributed by atoms with van der Waals surface area (Å²) in [6.45, 7) is 3.71. The first-order valence-electron chi connectivity index (χ1n) is 9.80. The maximum atomic E-state index is 12.9. The number of anilines is 1. The monoisotopic (exact) mass is 381 g/mol. The highest BCUT2D eigenvalue weighted by Crippen LogP contribution is 2.35. The third-order valence-electron chi connectivity index (χ3n) is 5.53. The Morgan fingerprint density at radius 1 is 1.21 bits per heavy atom. The van der Waals surface area contributed by atoms with Crippen molar-refractivity contribution in [3.63, 3.8) is 0 Å². The number of aromatic nitrogens is 2. The molecule has 2 atom stereocenters. The van der Waals surface area contributed by atoms with Crippen LogP contribution < -0.4 is 10.9 Å². The van der Waals surface area contributed by atoms with E-state index in [1.165, 1.54) is 0 Å². The highest BCUT2D eigenvalue weighted by molar-refractivity contribution is 5.92. The molecule has 148 valence electrons. The van der Waals surface area contributed by atoms with Crippen LogP contribution in [0.3, 0.4) is 0 Å². The lowest BCUT2D eigenvalue weighted by atomic mass is 9.83. The number of hydrogen-bond donors (Lipinski definition) is 1. The molecular formula is C21H27N5O2. The van der Waals surface area contributed by atoms with E-state index in [9.17, 15) is 9.59 Å². The van der Waals surface area contributed by atoms with Gasteiger partial charge in [0.25, 0.3) is 5.56 Å². The zero-order valence-corrected chi connectivity index (χ0v) is 16.5. The lowest BCUT2D eigenvalue weighted by Gasteiger charge is -2.42. The number of pyridine rings is 2. The molecule has 0 aliphatic carbocycles. The third-order valence-corrected chi connectivity index (χ3v) is 5.53. The van der Waals surface area contributed by atoms with Gasteiger partial charge < -0.3 is 14.8 Å². The number of nitrogens with one attached hydrogen (secondary N) is 1. The molecule has 28 heavy (non-hydrogen) atoms. The Balaban J connectivity index is 1.52. The van der Waals surface area contributed by atoms with Crippen molar-refractivity contribution in [2.75, 3.05) is 39.0 Å². The van der Waals surface area contributed by atoms with Crippen molar-refractivity contribution in [1.29, 1.82) is 0 Å². The molecule has 1 N–H and O–H groups in total. The number of rotatable bonds is 5. The molecule has 2 aliphatic rings. The normalized spacial score (nSPS) is 21.4. The van der Waals surface area contributed by atoms with Crippen LogP contribution in [-0.4, -0.2) is 59.0 Å². The van der Waals surface area contributed by atoms with Gasteiger partial charge in [-0.05, 0) is 50.7 Å². The number of piperidine rings is 1. The minimum absolute atomic E-state index is 0.0857. The van der Waals surface area contributed by atoms with Crippen LogP contribution in [0.15, 0.2) is 41.3 Å². The van der Waals surface area contributed by atoms with Crippen molar-refractivity contribution in [1.82, 2.24) is 19.4 Å². The van der Waals surface area contributed by atoms with Gasteiger partial charge in [-0.1, -0.05) is 6.07 Å². The number of amides is 1. The molecule has 0 radical (unpaired) electrons. The van der Waals surface area contributed by atoms with Gasteiger partial charge in [0.2, 0.25) is 5.91 Å². The lowest BCUT2D eigenvalue weighted by Crippen LogP contribution is -2.47. The van der Waals surface area contributed by atoms with Crippen molar-refractivity contribution < 1.29 is 4.79 Å². The van der Waals surface area contributed by atoms with Crippen molar-refractivity contribution in [2.45, 2.75) is 25.4 Å². The summed E-state index contributed by atoms with van der Waals surface area (Å²) in [6, 6.07) is 9.79. The Hall–Kier alpha value is -2.51. The Kier molecular flexibility index (Phi) is 5.28. The maximum absolute atomic E-state index is 12.9. The van der Waals surface area contributed by atoms with Crippen LogP contribution in [0.4, 0.5) is 5.69 Å². The van der Waals surface area contributed by atoms with E-state index in [0.29, 0.717) is 24.1 Å². The van der Waals surface area contributed by atoms with E-state index in [4.69, 9.17) is 0 Å². The fraction of sp³-hybridized carbons (Fsp3) is 0.476. The molecule has 7 heteroatoms. The number of likely N-dealkylation sites (tertiary alicyclic amines) is 1. The second-order valence-electron chi connectivity index (χ2n) is 8.19. The highest BCUT2D eigenvalue weighted by atomic mass is 16.2. The van der Waals surface area contributed by atoms with Crippen molar-refractivity contribution in [2.24, 2.45) is 5.92 Å². The first-order valence-corrected chi connectivity index (χ1v) is 9.80. The van der Waals surface area contributed by atoms with Gasteiger partial charge in [0, 0.05) is 44.0 Å². The molecule has 0 saturated carbocycles. The molecule has 2 bridgehead atoms. The predicted molar refractivity (Wildman–Crippen MR) is 108 cm³/mol. The molecule has 0 spiro atoms. The average Bonchev–Trinajstić information content (AvgIpc) is 2.64. The topological polar surface area (TPSA) is 70.5 Å². The molecule has 0 aromatic carbocycles. The quantitative estimate of drug-likeness (QED) is 0.847. The third kappa shape index (κ3) is 4.00. The van der Waals surface area contributed by atoms with E-state index in [1.807, 2.05) is 43.1 Å². The van der Waals surface area contributed by atoms with Crippen molar-refractivity contribution in [3.8, 4) is 0 Å². The number of fused-ring (bicyclic) bond motifs is 4. The fourth-order valence-corrected chi connectivity index (χ4v) is 4.47. The summed E-state index contributed by atoms with van der Waals surface area (Å²) in [7, 11) is 3.66. The number of nitrogens with zero attached hydrogens (tertiary/aromatic N) is 4. The van der Waals surface area contributed by atoms with E-state index < -0.39 is 0 Å². The van der Waals surface area contributed by atoms with Gasteiger partial charge in [-0.15, -0.1) is 0 Å². The van der Waals surface area contributed by atoms with Gasteiger partial charge in [0.15, 0.2) is 0 Å². The Bertz CT molecular complexity index is 909. The van der Waals surface area contributed by atoms with Crippen LogP contribution in [-0.2, 0) is 17.9 Å². The molecule has 4 rings (SSSR count). The van der Waals surface area contributed by atoms with Crippen LogP contribution in [0.25, 0.3) is 0 Å². The Morgan fingerprint density at radius 2 is 2.07 bits per heavy atom. The summed E-state index contributed by atoms with van der Waals surface area (Å²) in [5.74, 6) is 0.621. The van der Waals surface area contributed by atoms with Crippen LogP contribution in [0.5, 0.6) is 0 Å². The molecule has 4 heterocycles. The summed E-state index contributed by atoms with van der Waals surface area (Å²) >= 11 is 0. The van der Waals surface area contributed by atoms with E-state index >= 15 is 0 Å². The number of hydrogen-bond acceptors (Lipinski definition) is 5. The number of carbonyl (C=O) groups excluding carboxylic acids is 1. The van der Waals surface area contributed by atoms with Gasteiger partial charge in [-0.2, -0.15) is 0 Å². The van der Waals surface area contributed by atoms with Crippen molar-refractivity contribution >= 4 is 11.6 Å². The summed E-state index contributed by atoms with van der Waals surface area (Å²) in [4.78, 5) is 33.7. The zero-order valence-electron chi connectivity index (χ0n) is 16.5. The molecule has 2 aliphatic heterocycles. The van der Waals surface area contributed by atoms with Crippen LogP contribution in [0.1, 0.15) is 23.7 Å². The van der Waals surface area contributed by atoms with E-state index in [1.54, 1.807) is 11.0 Å². The van der Waals surface area contributed by atoms with Gasteiger partial charge in [-0.25, -0.2) is 0 Å². The lowest BCUT2D eigenvalue weighted by molar-refractivity contribution is -0.116. The SMILES string of the molecule is CN(C)CC(=O)Nc1ccc2n(c1=O)C[C@@H]1C[C@@H]2CN(Cc2ccccn2)C1. The predicted octanol–water partition coefficient (Wildman–Crippen LogP) is 1.36. The average molecular weight is 381 g/mol. The second-order valence-corrected chi connectivity index (χ2v) is 8.19. The molecule has 2 aromatic heterocycles. The number of likely N-dealkylation sites (N-methyl/N-ethyl adjacent to an activating group) is 1. The molecular weight excluding hydrogens is 354 g/mol. The van der Waals surface area contributed by atoms with Gasteiger partial charge in [-0.3, -0.25) is 19.5 Å². The highest BCUT2D eigenvalue weighted by Gasteiger charge is 2.35. The van der Waals surface area contributed by atoms with Gasteiger partial charge in [0.1, 0.15) is 5.69 Å². The molecule has 1 saturated heterocycles. The Morgan fingerprint density at radius 3 is 2.82 bits per heavy atom. The largest absolute Gasteiger partial charge is 0.320 e. The molecule has 0 unspecified atom stereocenters. The molecule has 1 fully saturated rings. The van der Waals surface area contributed by atoms with E-state index in [-0.39, 0.29) is 18.0 Å². The van der Waals surface area contributed by atoms with Crippen molar-refractivity contribution in [3.05, 3.63) is 58.3 Å². The summed E-state index contributed by atoms with van der Waals surface area (Å²) in [5, 5.41) is 2.77. The van der Waals surface area contributed by atoms with E-state index in [0.717, 1.165) is 37.4 Å². The van der Waals surface area contributed by atoms with Crippen LogP contribution >= 0.6 is 0 Å². The smallest absolute Gasteiger partial charge is 0.274 e. The summed E-state index contributed by atoms with van der Waals surface area (Å²) in [6.07, 6.45) is 2.95. The number of carbonyl (C=O) groups is 1. The second kappa shape index (κ2) is 7.85.